The van der Waals surface area contributed by atoms with E-state index in [0.717, 1.165) is 30.9 Å². The summed E-state index contributed by atoms with van der Waals surface area (Å²) in [6, 6.07) is 3.91. The van der Waals surface area contributed by atoms with Crippen molar-refractivity contribution in [2.75, 3.05) is 20.2 Å². The molecule has 0 aliphatic heterocycles. The van der Waals surface area contributed by atoms with Crippen molar-refractivity contribution in [1.82, 2.24) is 15.6 Å². The van der Waals surface area contributed by atoms with Crippen LogP contribution in [0.2, 0.25) is 0 Å². The minimum Gasteiger partial charge on any atom is -0.478 e. The van der Waals surface area contributed by atoms with E-state index in [1.807, 2.05) is 18.3 Å². The average molecular weight is 264 g/mol. The third kappa shape index (κ3) is 6.08. The Morgan fingerprint density at radius 2 is 2.11 bits per heavy atom. The summed E-state index contributed by atoms with van der Waals surface area (Å²) in [6.45, 7) is 6.52. The van der Waals surface area contributed by atoms with Crippen LogP contribution in [0.4, 0.5) is 0 Å². The molecule has 0 bridgehead atoms. The van der Waals surface area contributed by atoms with Gasteiger partial charge in [-0.15, -0.1) is 0 Å². The number of hydrogen-bond acceptors (Lipinski definition) is 3. The number of nitrogens with one attached hydrogen (secondary N) is 2. The van der Waals surface area contributed by atoms with E-state index in [0.29, 0.717) is 19.0 Å². The van der Waals surface area contributed by atoms with Crippen LogP contribution < -0.4 is 15.4 Å². The third-order valence-electron chi connectivity index (χ3n) is 2.48. The topological polar surface area (TPSA) is 58.5 Å². The normalized spacial score (nSPS) is 11.2. The van der Waals surface area contributed by atoms with Crippen LogP contribution in [0, 0.1) is 0 Å². The Balaban J connectivity index is 2.40. The Hall–Kier alpha value is -1.78. The first-order chi connectivity index (χ1) is 9.30. The summed E-state index contributed by atoms with van der Waals surface area (Å²) < 4.78 is 5.44. The molecule has 5 nitrogen and oxygen atoms in total. The summed E-state index contributed by atoms with van der Waals surface area (Å²) in [7, 11) is 1.77. The van der Waals surface area contributed by atoms with E-state index in [1.54, 1.807) is 7.05 Å². The fraction of sp³-hybridized carbons (Fsp3) is 0.571. The SMILES string of the molecule is CCCNC(=NC)NCc1ccc(OCCC)nc1. The van der Waals surface area contributed by atoms with Crippen molar-refractivity contribution < 1.29 is 4.74 Å². The highest BCUT2D eigenvalue weighted by Gasteiger charge is 1.99. The minimum atomic E-state index is 0.680. The van der Waals surface area contributed by atoms with Gasteiger partial charge in [-0.3, -0.25) is 4.99 Å². The van der Waals surface area contributed by atoms with Crippen LogP contribution in [-0.4, -0.2) is 31.1 Å². The van der Waals surface area contributed by atoms with Crippen LogP contribution in [0.3, 0.4) is 0 Å². The van der Waals surface area contributed by atoms with E-state index < -0.39 is 0 Å². The number of ether oxygens (including phenoxy) is 1. The summed E-state index contributed by atoms with van der Waals surface area (Å²) in [5.74, 6) is 1.49. The molecule has 0 aromatic carbocycles. The van der Waals surface area contributed by atoms with Gasteiger partial charge in [-0.1, -0.05) is 19.9 Å². The largest absolute Gasteiger partial charge is 0.478 e. The van der Waals surface area contributed by atoms with Gasteiger partial charge in [-0.2, -0.15) is 0 Å². The molecule has 0 saturated carbocycles. The third-order valence-corrected chi connectivity index (χ3v) is 2.48. The van der Waals surface area contributed by atoms with Gasteiger partial charge in [-0.25, -0.2) is 4.98 Å². The molecule has 0 fully saturated rings. The number of nitrogens with zero attached hydrogens (tertiary/aromatic N) is 2. The molecule has 1 heterocycles. The molecule has 0 radical (unpaired) electrons. The van der Waals surface area contributed by atoms with Crippen LogP contribution >= 0.6 is 0 Å². The summed E-state index contributed by atoms with van der Waals surface area (Å²) in [4.78, 5) is 8.41. The molecule has 0 unspecified atom stereocenters. The van der Waals surface area contributed by atoms with E-state index in [9.17, 15) is 0 Å². The second kappa shape index (κ2) is 9.19. The van der Waals surface area contributed by atoms with Gasteiger partial charge in [0.15, 0.2) is 5.96 Å². The molecule has 0 saturated heterocycles. The Morgan fingerprint density at radius 3 is 2.68 bits per heavy atom. The van der Waals surface area contributed by atoms with Crippen LogP contribution in [0.15, 0.2) is 23.3 Å². The zero-order valence-corrected chi connectivity index (χ0v) is 12.1. The van der Waals surface area contributed by atoms with Gasteiger partial charge in [0.2, 0.25) is 5.88 Å². The molecule has 1 aromatic rings. The summed E-state index contributed by atoms with van der Waals surface area (Å²) in [5.41, 5.74) is 1.10. The average Bonchev–Trinajstić information content (AvgIpc) is 2.46. The molecule has 0 amide bonds. The fourth-order valence-electron chi connectivity index (χ4n) is 1.46. The quantitative estimate of drug-likeness (QED) is 0.584. The minimum absolute atomic E-state index is 0.680. The van der Waals surface area contributed by atoms with Gasteiger partial charge < -0.3 is 15.4 Å². The van der Waals surface area contributed by atoms with Crippen molar-refractivity contribution in [3.63, 3.8) is 0 Å². The van der Waals surface area contributed by atoms with Gasteiger partial charge in [0.05, 0.1) is 6.61 Å². The van der Waals surface area contributed by atoms with Crippen LogP contribution in [-0.2, 0) is 6.54 Å². The lowest BCUT2D eigenvalue weighted by atomic mass is 10.3. The molecule has 1 rings (SSSR count). The number of aromatic nitrogens is 1. The molecule has 0 atom stereocenters. The Morgan fingerprint density at radius 1 is 1.26 bits per heavy atom. The smallest absolute Gasteiger partial charge is 0.213 e. The van der Waals surface area contributed by atoms with Crippen LogP contribution in [0.25, 0.3) is 0 Å². The summed E-state index contributed by atoms with van der Waals surface area (Å²) in [6.07, 6.45) is 3.89. The molecule has 1 aromatic heterocycles. The molecular formula is C14H24N4O. The molecule has 0 spiro atoms. The van der Waals surface area contributed by atoms with Crippen molar-refractivity contribution in [2.45, 2.75) is 33.2 Å². The highest BCUT2D eigenvalue weighted by atomic mass is 16.5. The maximum atomic E-state index is 5.44. The van der Waals surface area contributed by atoms with E-state index >= 15 is 0 Å². The predicted molar refractivity (Wildman–Crippen MR) is 78.5 cm³/mol. The van der Waals surface area contributed by atoms with Gasteiger partial charge in [0.1, 0.15) is 0 Å². The summed E-state index contributed by atoms with van der Waals surface area (Å²) in [5, 5.41) is 6.46. The maximum absolute atomic E-state index is 5.44. The molecular weight excluding hydrogens is 240 g/mol. The van der Waals surface area contributed by atoms with Gasteiger partial charge in [0, 0.05) is 32.4 Å². The second-order valence-electron chi connectivity index (χ2n) is 4.21. The highest BCUT2D eigenvalue weighted by molar-refractivity contribution is 5.79. The van der Waals surface area contributed by atoms with Gasteiger partial charge in [0.25, 0.3) is 0 Å². The zero-order chi connectivity index (χ0) is 13.9. The Bertz CT molecular complexity index is 376. The lowest BCUT2D eigenvalue weighted by Crippen LogP contribution is -2.37. The lowest BCUT2D eigenvalue weighted by Gasteiger charge is -2.11. The number of rotatable bonds is 7. The molecule has 0 aliphatic carbocycles. The fourth-order valence-corrected chi connectivity index (χ4v) is 1.46. The standard InChI is InChI=1S/C14H24N4O/c1-4-8-16-14(15-3)18-11-12-6-7-13(17-10-12)19-9-5-2/h6-7,10H,4-5,8-9,11H2,1-3H3,(H2,15,16,18). The molecule has 19 heavy (non-hydrogen) atoms. The van der Waals surface area contributed by atoms with E-state index in [-0.39, 0.29) is 0 Å². The first-order valence-electron chi connectivity index (χ1n) is 6.82. The van der Waals surface area contributed by atoms with Crippen molar-refractivity contribution in [2.24, 2.45) is 4.99 Å². The second-order valence-corrected chi connectivity index (χ2v) is 4.21. The van der Waals surface area contributed by atoms with E-state index in [2.05, 4.69) is 34.5 Å². The first kappa shape index (κ1) is 15.3. The van der Waals surface area contributed by atoms with Crippen molar-refractivity contribution >= 4 is 5.96 Å². The van der Waals surface area contributed by atoms with Crippen molar-refractivity contribution in [3.05, 3.63) is 23.9 Å². The first-order valence-corrected chi connectivity index (χ1v) is 6.82. The molecule has 106 valence electrons. The number of guanidine groups is 1. The van der Waals surface area contributed by atoms with Gasteiger partial charge >= 0.3 is 0 Å². The number of aliphatic imine (C=N–C) groups is 1. The maximum Gasteiger partial charge on any atom is 0.213 e. The molecule has 2 N–H and O–H groups in total. The zero-order valence-electron chi connectivity index (χ0n) is 12.1. The number of hydrogen-bond donors (Lipinski definition) is 2. The lowest BCUT2D eigenvalue weighted by molar-refractivity contribution is 0.305. The van der Waals surface area contributed by atoms with Gasteiger partial charge in [-0.05, 0) is 18.4 Å². The van der Waals surface area contributed by atoms with Crippen LogP contribution in [0.5, 0.6) is 5.88 Å². The van der Waals surface area contributed by atoms with Crippen molar-refractivity contribution in [3.8, 4) is 5.88 Å². The van der Waals surface area contributed by atoms with Crippen LogP contribution in [0.1, 0.15) is 32.3 Å². The summed E-state index contributed by atoms with van der Waals surface area (Å²) >= 11 is 0. The van der Waals surface area contributed by atoms with E-state index in [4.69, 9.17) is 4.74 Å². The Kier molecular flexibility index (Phi) is 7.39. The van der Waals surface area contributed by atoms with E-state index in [1.165, 1.54) is 0 Å². The predicted octanol–water partition coefficient (Wildman–Crippen LogP) is 1.95. The number of pyridine rings is 1. The molecule has 0 aliphatic rings. The van der Waals surface area contributed by atoms with Crippen molar-refractivity contribution in [1.29, 1.82) is 0 Å². The highest BCUT2D eigenvalue weighted by Crippen LogP contribution is 2.07. The molecule has 5 heteroatoms. The monoisotopic (exact) mass is 264 g/mol. The Labute approximate surface area is 115 Å².